The number of benzene rings is 2. The number of aromatic nitrogens is 2. The minimum atomic E-state index is 0.146. The van der Waals surface area contributed by atoms with E-state index in [1.54, 1.807) is 12.1 Å². The standard InChI is InChI=1S/C23H24N4O2/c1-14-6-9-17-19(12-14)25-21(18-4-2-3-5-20(18)28)26-22(17)27-11-10-16(13-27)24-23(29)15-7-8-15/h2-6,9,12,15-16,28H,7-8,10-11,13H2,1H3,(H,24,29)/t16-/m1/s1. The predicted molar refractivity (Wildman–Crippen MR) is 113 cm³/mol. The highest BCUT2D eigenvalue weighted by molar-refractivity contribution is 5.92. The van der Waals surface area contributed by atoms with Crippen LogP contribution in [0.2, 0.25) is 0 Å². The minimum absolute atomic E-state index is 0.146. The quantitative estimate of drug-likeness (QED) is 0.716. The normalized spacial score (nSPS) is 18.9. The van der Waals surface area contributed by atoms with E-state index in [1.807, 2.05) is 25.1 Å². The van der Waals surface area contributed by atoms with E-state index in [0.717, 1.165) is 54.6 Å². The summed E-state index contributed by atoms with van der Waals surface area (Å²) in [4.78, 5) is 23.9. The lowest BCUT2D eigenvalue weighted by molar-refractivity contribution is -0.122. The first-order valence-corrected chi connectivity index (χ1v) is 10.2. The highest BCUT2D eigenvalue weighted by Crippen LogP contribution is 2.33. The van der Waals surface area contributed by atoms with E-state index in [-0.39, 0.29) is 23.6 Å². The van der Waals surface area contributed by atoms with Crippen molar-refractivity contribution in [3.8, 4) is 17.1 Å². The van der Waals surface area contributed by atoms with Crippen molar-refractivity contribution in [3.05, 3.63) is 48.0 Å². The molecule has 2 N–H and O–H groups in total. The second kappa shape index (κ2) is 7.03. The average Bonchev–Trinajstić information content (AvgIpc) is 3.47. The molecule has 3 aromatic rings. The molecule has 0 unspecified atom stereocenters. The third kappa shape index (κ3) is 3.50. The number of fused-ring (bicyclic) bond motifs is 1. The smallest absolute Gasteiger partial charge is 0.223 e. The molecule has 1 atom stereocenters. The number of carbonyl (C=O) groups excluding carboxylic acids is 1. The molecule has 1 saturated heterocycles. The largest absolute Gasteiger partial charge is 0.507 e. The SMILES string of the molecule is Cc1ccc2c(N3CC[C@@H](NC(=O)C4CC4)C3)nc(-c3ccccc3O)nc2c1. The molecule has 2 heterocycles. The Hall–Kier alpha value is -3.15. The van der Waals surface area contributed by atoms with Crippen LogP contribution in [0.1, 0.15) is 24.8 Å². The molecule has 0 radical (unpaired) electrons. The fourth-order valence-electron chi connectivity index (χ4n) is 3.98. The summed E-state index contributed by atoms with van der Waals surface area (Å²) in [7, 11) is 0. The van der Waals surface area contributed by atoms with Gasteiger partial charge in [0, 0.05) is 30.4 Å². The summed E-state index contributed by atoms with van der Waals surface area (Å²) >= 11 is 0. The van der Waals surface area contributed by atoms with Crippen LogP contribution < -0.4 is 10.2 Å². The molecule has 2 aromatic carbocycles. The van der Waals surface area contributed by atoms with Gasteiger partial charge >= 0.3 is 0 Å². The molecule has 0 spiro atoms. The maximum absolute atomic E-state index is 12.1. The number of amides is 1. The van der Waals surface area contributed by atoms with E-state index in [2.05, 4.69) is 22.3 Å². The maximum Gasteiger partial charge on any atom is 0.223 e. The molecule has 1 saturated carbocycles. The van der Waals surface area contributed by atoms with Crippen LogP contribution >= 0.6 is 0 Å². The molecule has 29 heavy (non-hydrogen) atoms. The van der Waals surface area contributed by atoms with Crippen LogP contribution in [-0.2, 0) is 4.79 Å². The van der Waals surface area contributed by atoms with Crippen molar-refractivity contribution in [2.24, 2.45) is 5.92 Å². The van der Waals surface area contributed by atoms with E-state index in [9.17, 15) is 9.90 Å². The first-order valence-electron chi connectivity index (χ1n) is 10.2. The van der Waals surface area contributed by atoms with E-state index in [0.29, 0.717) is 11.4 Å². The van der Waals surface area contributed by atoms with Gasteiger partial charge in [0.2, 0.25) is 5.91 Å². The molecule has 2 aliphatic rings. The second-order valence-corrected chi connectivity index (χ2v) is 8.12. The zero-order valence-electron chi connectivity index (χ0n) is 16.4. The third-order valence-electron chi connectivity index (χ3n) is 5.76. The number of carbonyl (C=O) groups is 1. The van der Waals surface area contributed by atoms with E-state index >= 15 is 0 Å². The van der Waals surface area contributed by atoms with Crippen LogP contribution in [0.25, 0.3) is 22.3 Å². The summed E-state index contributed by atoms with van der Waals surface area (Å²) in [5.74, 6) is 1.95. The van der Waals surface area contributed by atoms with Crippen molar-refractivity contribution in [2.75, 3.05) is 18.0 Å². The highest BCUT2D eigenvalue weighted by Gasteiger charge is 2.33. The lowest BCUT2D eigenvalue weighted by Crippen LogP contribution is -2.38. The number of nitrogens with zero attached hydrogens (tertiary/aromatic N) is 3. The molecule has 1 aliphatic heterocycles. The zero-order valence-corrected chi connectivity index (χ0v) is 16.4. The number of nitrogens with one attached hydrogen (secondary N) is 1. The van der Waals surface area contributed by atoms with Crippen LogP contribution in [0.15, 0.2) is 42.5 Å². The first-order chi connectivity index (χ1) is 14.1. The molecule has 6 heteroatoms. The lowest BCUT2D eigenvalue weighted by atomic mass is 10.1. The van der Waals surface area contributed by atoms with Gasteiger partial charge in [-0.2, -0.15) is 0 Å². The number of anilines is 1. The van der Waals surface area contributed by atoms with Crippen molar-refractivity contribution >= 4 is 22.6 Å². The van der Waals surface area contributed by atoms with Crippen LogP contribution in [0.5, 0.6) is 5.75 Å². The molecule has 2 fully saturated rings. The van der Waals surface area contributed by atoms with Crippen molar-refractivity contribution in [1.82, 2.24) is 15.3 Å². The van der Waals surface area contributed by atoms with Gasteiger partial charge in [0.15, 0.2) is 5.82 Å². The predicted octanol–water partition coefficient (Wildman–Crippen LogP) is 3.42. The lowest BCUT2D eigenvalue weighted by Gasteiger charge is -2.21. The summed E-state index contributed by atoms with van der Waals surface area (Å²) in [6.45, 7) is 3.61. The van der Waals surface area contributed by atoms with Gasteiger partial charge in [0.25, 0.3) is 0 Å². The molecular weight excluding hydrogens is 364 g/mol. The fraction of sp³-hybridized carbons (Fsp3) is 0.348. The van der Waals surface area contributed by atoms with Crippen molar-refractivity contribution in [3.63, 3.8) is 0 Å². The average molecular weight is 388 g/mol. The summed E-state index contributed by atoms with van der Waals surface area (Å²) in [6.07, 6.45) is 2.94. The van der Waals surface area contributed by atoms with E-state index < -0.39 is 0 Å². The number of phenols is 1. The molecule has 0 bridgehead atoms. The maximum atomic E-state index is 12.1. The molecular formula is C23H24N4O2. The molecule has 1 aliphatic carbocycles. The Morgan fingerprint density at radius 1 is 1.14 bits per heavy atom. The summed E-state index contributed by atoms with van der Waals surface area (Å²) in [5, 5.41) is 14.5. The fourth-order valence-corrected chi connectivity index (χ4v) is 3.98. The highest BCUT2D eigenvalue weighted by atomic mass is 16.3. The Balaban J connectivity index is 1.52. The van der Waals surface area contributed by atoms with Gasteiger partial charge in [-0.05, 0) is 56.0 Å². The van der Waals surface area contributed by atoms with Crippen molar-refractivity contribution in [2.45, 2.75) is 32.2 Å². The van der Waals surface area contributed by atoms with Gasteiger partial charge < -0.3 is 15.3 Å². The molecule has 6 nitrogen and oxygen atoms in total. The third-order valence-corrected chi connectivity index (χ3v) is 5.76. The van der Waals surface area contributed by atoms with E-state index in [4.69, 9.17) is 9.97 Å². The minimum Gasteiger partial charge on any atom is -0.507 e. The van der Waals surface area contributed by atoms with Gasteiger partial charge in [-0.25, -0.2) is 9.97 Å². The van der Waals surface area contributed by atoms with Crippen LogP contribution in [-0.4, -0.2) is 40.1 Å². The second-order valence-electron chi connectivity index (χ2n) is 8.12. The van der Waals surface area contributed by atoms with Gasteiger partial charge in [-0.3, -0.25) is 4.79 Å². The number of aryl methyl sites for hydroxylation is 1. The topological polar surface area (TPSA) is 78.4 Å². The number of aromatic hydroxyl groups is 1. The monoisotopic (exact) mass is 388 g/mol. The van der Waals surface area contributed by atoms with Crippen LogP contribution in [0, 0.1) is 12.8 Å². The first kappa shape index (κ1) is 17.9. The molecule has 1 aromatic heterocycles. The van der Waals surface area contributed by atoms with Crippen LogP contribution in [0.4, 0.5) is 5.82 Å². The van der Waals surface area contributed by atoms with Gasteiger partial charge in [-0.15, -0.1) is 0 Å². The Labute approximate surface area is 169 Å². The Morgan fingerprint density at radius 2 is 1.97 bits per heavy atom. The van der Waals surface area contributed by atoms with Crippen molar-refractivity contribution < 1.29 is 9.90 Å². The van der Waals surface area contributed by atoms with Gasteiger partial charge in [0.1, 0.15) is 11.6 Å². The zero-order chi connectivity index (χ0) is 20.0. The number of para-hydroxylation sites is 1. The Kier molecular flexibility index (Phi) is 4.34. The molecule has 5 rings (SSSR count). The number of phenolic OH excluding ortho intramolecular Hbond substituents is 1. The Bertz CT molecular complexity index is 1090. The number of rotatable bonds is 4. The van der Waals surface area contributed by atoms with Gasteiger partial charge in [0.05, 0.1) is 11.1 Å². The molecule has 148 valence electrons. The number of hydrogen-bond donors (Lipinski definition) is 2. The summed E-state index contributed by atoms with van der Waals surface area (Å²) < 4.78 is 0. The summed E-state index contributed by atoms with van der Waals surface area (Å²) in [5.41, 5.74) is 2.61. The summed E-state index contributed by atoms with van der Waals surface area (Å²) in [6, 6.07) is 13.5. The van der Waals surface area contributed by atoms with Gasteiger partial charge in [-0.1, -0.05) is 18.2 Å². The van der Waals surface area contributed by atoms with Crippen LogP contribution in [0.3, 0.4) is 0 Å². The molecule has 1 amide bonds. The Morgan fingerprint density at radius 3 is 2.76 bits per heavy atom. The van der Waals surface area contributed by atoms with Crippen molar-refractivity contribution in [1.29, 1.82) is 0 Å². The van der Waals surface area contributed by atoms with E-state index in [1.165, 1.54) is 0 Å². The number of hydrogen-bond acceptors (Lipinski definition) is 5.